The fourth-order valence-electron chi connectivity index (χ4n) is 3.78. The Morgan fingerprint density at radius 3 is 2.68 bits per heavy atom. The largest absolute Gasteiger partial charge is 0.455 e. The van der Waals surface area contributed by atoms with E-state index in [4.69, 9.17) is 20.9 Å². The molecule has 0 aliphatic rings. The third-order valence-corrected chi connectivity index (χ3v) is 6.35. The van der Waals surface area contributed by atoms with Gasteiger partial charge in [0.15, 0.2) is 11.6 Å². The molecule has 10 heteroatoms. The summed E-state index contributed by atoms with van der Waals surface area (Å²) in [5.74, 6) is 1.66. The molecular weight excluding hydrogens is 488 g/mol. The topological polar surface area (TPSA) is 134 Å². The van der Waals surface area contributed by atoms with Crippen LogP contribution in [0.15, 0.2) is 76.9 Å². The summed E-state index contributed by atoms with van der Waals surface area (Å²) >= 11 is 1.65. The monoisotopic (exact) mass is 518 g/mol. The number of aromatic nitrogens is 3. The number of amidine groups is 1. The molecule has 4 aromatic rings. The molecule has 192 valence electrons. The highest BCUT2D eigenvalue weighted by molar-refractivity contribution is 7.98. The number of aliphatic hydroxyl groups excluding tert-OH is 1. The van der Waals surface area contributed by atoms with Gasteiger partial charge in [0.25, 0.3) is 0 Å². The fraction of sp³-hybridized carbons (Fsp3) is 0.222. The van der Waals surface area contributed by atoms with Crippen LogP contribution in [-0.4, -0.2) is 51.8 Å². The van der Waals surface area contributed by atoms with Crippen molar-refractivity contribution in [3.63, 3.8) is 0 Å². The van der Waals surface area contributed by atoms with Crippen molar-refractivity contribution in [2.45, 2.75) is 24.5 Å². The molecule has 0 spiro atoms. The van der Waals surface area contributed by atoms with E-state index in [0.29, 0.717) is 28.6 Å². The number of hydrogen-bond donors (Lipinski definition) is 3. The van der Waals surface area contributed by atoms with E-state index in [0.717, 1.165) is 21.7 Å². The maximum atomic E-state index is 9.97. The second-order valence-electron chi connectivity index (χ2n) is 8.38. The zero-order chi connectivity index (χ0) is 26.4. The lowest BCUT2D eigenvalue weighted by Gasteiger charge is -2.15. The van der Waals surface area contributed by atoms with Crippen LogP contribution in [0.3, 0.4) is 0 Å². The maximum Gasteiger partial charge on any atom is 0.175 e. The molecule has 0 amide bonds. The number of pyridine rings is 1. The van der Waals surface area contributed by atoms with Gasteiger partial charge in [-0.05, 0) is 61.2 Å². The molecule has 0 saturated carbocycles. The van der Waals surface area contributed by atoms with E-state index >= 15 is 0 Å². The van der Waals surface area contributed by atoms with Crippen molar-refractivity contribution in [3.05, 3.63) is 78.1 Å². The van der Waals surface area contributed by atoms with Crippen LogP contribution < -0.4 is 16.2 Å². The zero-order valence-electron chi connectivity index (χ0n) is 21.0. The van der Waals surface area contributed by atoms with Crippen LogP contribution in [0.5, 0.6) is 11.5 Å². The molecule has 0 aliphatic heterocycles. The highest BCUT2D eigenvalue weighted by Gasteiger charge is 2.17. The number of aliphatic hydroxyl groups is 1. The molecule has 1 atom stereocenters. The van der Waals surface area contributed by atoms with Crippen LogP contribution >= 0.6 is 11.8 Å². The first-order chi connectivity index (χ1) is 17.9. The first kappa shape index (κ1) is 26.2. The summed E-state index contributed by atoms with van der Waals surface area (Å²) in [6.07, 6.45) is 4.79. The van der Waals surface area contributed by atoms with E-state index in [1.807, 2.05) is 61.7 Å². The maximum absolute atomic E-state index is 9.97. The summed E-state index contributed by atoms with van der Waals surface area (Å²) in [4.78, 5) is 10.2. The fourth-order valence-corrected chi connectivity index (χ4v) is 4.18. The van der Waals surface area contributed by atoms with Crippen molar-refractivity contribution in [1.82, 2.24) is 14.8 Å². The van der Waals surface area contributed by atoms with Gasteiger partial charge in [-0.25, -0.2) is 4.99 Å². The van der Waals surface area contributed by atoms with Crippen LogP contribution in [-0.2, 0) is 11.3 Å². The smallest absolute Gasteiger partial charge is 0.175 e. The number of aryl methyl sites for hydroxylation is 1. The Hall–Kier alpha value is -3.86. The highest BCUT2D eigenvalue weighted by atomic mass is 32.2. The standard InChI is InChI=1S/C27H30N6O3S/c1-17-5-4-11-30-26(17)18-13-22(25(28)23(14-18)36-20-6-8-21(37-3)9-7-20)27(29)31-24-10-12-33(32-24)15-19(34)16-35-2/h4-14,19,34H,15-16,28H2,1-3H3,(H2,29,31,32). The lowest BCUT2D eigenvalue weighted by Crippen LogP contribution is -2.21. The van der Waals surface area contributed by atoms with Gasteiger partial charge in [-0.15, -0.1) is 11.8 Å². The molecule has 5 N–H and O–H groups in total. The van der Waals surface area contributed by atoms with Crippen LogP contribution in [0.25, 0.3) is 11.3 Å². The molecule has 0 saturated heterocycles. The number of hydrogen-bond acceptors (Lipinski definition) is 8. The number of thioether (sulfide) groups is 1. The van der Waals surface area contributed by atoms with Crippen molar-refractivity contribution < 1.29 is 14.6 Å². The predicted octanol–water partition coefficient (Wildman–Crippen LogP) is 4.39. The van der Waals surface area contributed by atoms with Gasteiger partial charge in [-0.2, -0.15) is 5.10 Å². The van der Waals surface area contributed by atoms with Crippen molar-refractivity contribution in [3.8, 4) is 22.8 Å². The molecule has 2 heterocycles. The Bertz CT molecular complexity index is 1390. The molecule has 1 unspecified atom stereocenters. The molecule has 0 aliphatic carbocycles. The zero-order valence-corrected chi connectivity index (χ0v) is 21.8. The van der Waals surface area contributed by atoms with Crippen molar-refractivity contribution >= 4 is 29.1 Å². The molecular formula is C27H30N6O3S. The molecule has 0 fully saturated rings. The summed E-state index contributed by atoms with van der Waals surface area (Å²) in [6.45, 7) is 2.47. The quantitative estimate of drug-likeness (QED) is 0.122. The lowest BCUT2D eigenvalue weighted by molar-refractivity contribution is 0.0514. The molecule has 9 nitrogen and oxygen atoms in total. The van der Waals surface area contributed by atoms with Gasteiger partial charge in [0, 0.05) is 41.6 Å². The number of nitrogen functional groups attached to an aromatic ring is 1. The van der Waals surface area contributed by atoms with Crippen LogP contribution in [0.1, 0.15) is 11.1 Å². The summed E-state index contributed by atoms with van der Waals surface area (Å²) in [5.41, 5.74) is 16.4. The minimum atomic E-state index is -0.683. The van der Waals surface area contributed by atoms with E-state index in [2.05, 4.69) is 15.1 Å². The van der Waals surface area contributed by atoms with Gasteiger partial charge in [-0.1, -0.05) is 6.07 Å². The SMILES string of the molecule is COCC(O)Cn1ccc(N=C(N)c2cc(-c3ncccc3C)cc(Oc3ccc(SC)cc3)c2N)n1. The van der Waals surface area contributed by atoms with Crippen LogP contribution in [0, 0.1) is 6.92 Å². The summed E-state index contributed by atoms with van der Waals surface area (Å²) in [6, 6.07) is 17.1. The number of ether oxygens (including phenoxy) is 2. The summed E-state index contributed by atoms with van der Waals surface area (Å²) < 4.78 is 12.7. The highest BCUT2D eigenvalue weighted by Crippen LogP contribution is 2.36. The minimum Gasteiger partial charge on any atom is -0.455 e. The second kappa shape index (κ2) is 11.9. The van der Waals surface area contributed by atoms with E-state index < -0.39 is 6.10 Å². The van der Waals surface area contributed by atoms with E-state index in [-0.39, 0.29) is 19.0 Å². The Morgan fingerprint density at radius 1 is 1.19 bits per heavy atom. The van der Waals surface area contributed by atoms with Crippen LogP contribution in [0.2, 0.25) is 0 Å². The van der Waals surface area contributed by atoms with E-state index in [1.54, 1.807) is 34.9 Å². The predicted molar refractivity (Wildman–Crippen MR) is 148 cm³/mol. The van der Waals surface area contributed by atoms with Crippen LogP contribution in [0.4, 0.5) is 11.5 Å². The first-order valence-corrected chi connectivity index (χ1v) is 12.8. The second-order valence-corrected chi connectivity index (χ2v) is 9.26. The summed E-state index contributed by atoms with van der Waals surface area (Å²) in [5, 5.41) is 14.3. The Kier molecular flexibility index (Phi) is 8.44. The van der Waals surface area contributed by atoms with Gasteiger partial charge in [0.05, 0.1) is 30.6 Å². The summed E-state index contributed by atoms with van der Waals surface area (Å²) in [7, 11) is 1.53. The minimum absolute atomic E-state index is 0.179. The number of nitrogens with zero attached hydrogens (tertiary/aromatic N) is 4. The molecule has 0 radical (unpaired) electrons. The number of aliphatic imine (C=N–C) groups is 1. The number of anilines is 1. The Labute approximate surface area is 220 Å². The van der Waals surface area contributed by atoms with Gasteiger partial charge < -0.3 is 26.0 Å². The molecule has 4 rings (SSSR count). The van der Waals surface area contributed by atoms with Gasteiger partial charge in [-0.3, -0.25) is 9.67 Å². The Balaban J connectivity index is 1.72. The number of nitrogens with two attached hydrogens (primary N) is 2. The third-order valence-electron chi connectivity index (χ3n) is 5.61. The lowest BCUT2D eigenvalue weighted by atomic mass is 10.0. The first-order valence-electron chi connectivity index (χ1n) is 11.6. The van der Waals surface area contributed by atoms with Gasteiger partial charge in [0.2, 0.25) is 0 Å². The molecule has 2 aromatic carbocycles. The van der Waals surface area contributed by atoms with E-state index in [1.165, 1.54) is 7.11 Å². The number of rotatable bonds is 10. The Morgan fingerprint density at radius 2 is 1.97 bits per heavy atom. The molecule has 0 bridgehead atoms. The number of methoxy groups -OCH3 is 1. The van der Waals surface area contributed by atoms with Crippen molar-refractivity contribution in [1.29, 1.82) is 0 Å². The van der Waals surface area contributed by atoms with Gasteiger partial charge >= 0.3 is 0 Å². The average Bonchev–Trinajstić information content (AvgIpc) is 3.32. The van der Waals surface area contributed by atoms with Gasteiger partial charge in [0.1, 0.15) is 11.6 Å². The van der Waals surface area contributed by atoms with Crippen molar-refractivity contribution in [2.75, 3.05) is 25.7 Å². The average molecular weight is 519 g/mol. The number of benzene rings is 2. The van der Waals surface area contributed by atoms with Crippen molar-refractivity contribution in [2.24, 2.45) is 10.7 Å². The van der Waals surface area contributed by atoms with E-state index in [9.17, 15) is 5.11 Å². The third kappa shape index (κ3) is 6.48. The molecule has 37 heavy (non-hydrogen) atoms. The normalized spacial score (nSPS) is 12.5. The molecule has 2 aromatic heterocycles.